The van der Waals surface area contributed by atoms with Crippen LogP contribution in [-0.2, 0) is 9.53 Å². The smallest absolute Gasteiger partial charge is 0.338 e. The van der Waals surface area contributed by atoms with Gasteiger partial charge in [0, 0.05) is 5.92 Å². The third-order valence-corrected chi connectivity index (χ3v) is 6.06. The van der Waals surface area contributed by atoms with Crippen molar-refractivity contribution >= 4 is 11.9 Å². The number of alkyl halides is 2. The first-order chi connectivity index (χ1) is 13.7. The Morgan fingerprint density at radius 3 is 2.21 bits per heavy atom. The monoisotopic (exact) mass is 409 g/mol. The van der Waals surface area contributed by atoms with E-state index in [1.807, 2.05) is 6.92 Å². The Balaban J connectivity index is 1.70. The molecule has 0 radical (unpaired) electrons. The third-order valence-electron chi connectivity index (χ3n) is 6.06. The first-order valence-corrected chi connectivity index (χ1v) is 10.3. The van der Waals surface area contributed by atoms with E-state index in [1.54, 1.807) is 12.1 Å². The highest BCUT2D eigenvalue weighted by Crippen LogP contribution is 2.37. The number of halogens is 2. The summed E-state index contributed by atoms with van der Waals surface area (Å²) in [5, 5.41) is 11.0. The van der Waals surface area contributed by atoms with Crippen molar-refractivity contribution < 1.29 is 33.0 Å². The molecule has 5 nitrogen and oxygen atoms in total. The van der Waals surface area contributed by atoms with E-state index in [1.165, 1.54) is 12.1 Å². The number of aliphatic carboxylic acids is 1. The van der Waals surface area contributed by atoms with Gasteiger partial charge in [-0.05, 0) is 69.7 Å². The summed E-state index contributed by atoms with van der Waals surface area (Å²) in [7, 11) is 0. The van der Waals surface area contributed by atoms with E-state index in [0.717, 1.165) is 32.1 Å². The SMILES string of the molecule is CC1(Oc2ccc(C(=O)OC(C3CCCCC3)C(F)(F)C(=O)[O-])cc2)CCCC1. The summed E-state index contributed by atoms with van der Waals surface area (Å²) in [4.78, 5) is 23.5. The van der Waals surface area contributed by atoms with E-state index >= 15 is 0 Å². The van der Waals surface area contributed by atoms with Crippen LogP contribution in [0.4, 0.5) is 8.78 Å². The summed E-state index contributed by atoms with van der Waals surface area (Å²) in [6, 6.07) is 6.11. The Kier molecular flexibility index (Phi) is 6.44. The van der Waals surface area contributed by atoms with Crippen LogP contribution < -0.4 is 9.84 Å². The molecule has 160 valence electrons. The van der Waals surface area contributed by atoms with E-state index < -0.39 is 29.9 Å². The zero-order valence-electron chi connectivity index (χ0n) is 16.6. The van der Waals surface area contributed by atoms with E-state index in [0.29, 0.717) is 31.4 Å². The highest BCUT2D eigenvalue weighted by Gasteiger charge is 2.48. The molecule has 0 saturated heterocycles. The number of carboxylic acid groups (broad SMARTS) is 1. The van der Waals surface area contributed by atoms with E-state index in [2.05, 4.69) is 0 Å². The molecule has 29 heavy (non-hydrogen) atoms. The van der Waals surface area contributed by atoms with Crippen LogP contribution in [0.1, 0.15) is 75.1 Å². The van der Waals surface area contributed by atoms with E-state index in [4.69, 9.17) is 9.47 Å². The summed E-state index contributed by atoms with van der Waals surface area (Å²) in [6.45, 7) is 2.04. The van der Waals surface area contributed by atoms with Gasteiger partial charge in [-0.2, -0.15) is 8.78 Å². The maximum absolute atomic E-state index is 14.2. The second kappa shape index (κ2) is 8.67. The van der Waals surface area contributed by atoms with Gasteiger partial charge in [0.25, 0.3) is 0 Å². The van der Waals surface area contributed by atoms with Crippen molar-refractivity contribution in [3.8, 4) is 5.75 Å². The lowest BCUT2D eigenvalue weighted by atomic mass is 9.83. The van der Waals surface area contributed by atoms with Gasteiger partial charge in [-0.1, -0.05) is 19.3 Å². The molecule has 1 aromatic carbocycles. The number of esters is 1. The number of carboxylic acids is 1. The minimum Gasteiger partial charge on any atom is -0.544 e. The van der Waals surface area contributed by atoms with Crippen molar-refractivity contribution in [1.29, 1.82) is 0 Å². The van der Waals surface area contributed by atoms with Gasteiger partial charge in [-0.3, -0.25) is 0 Å². The maximum atomic E-state index is 14.2. The second-order valence-corrected chi connectivity index (χ2v) is 8.42. The van der Waals surface area contributed by atoms with Crippen molar-refractivity contribution in [2.24, 2.45) is 5.92 Å². The van der Waals surface area contributed by atoms with Gasteiger partial charge >= 0.3 is 11.9 Å². The molecule has 0 spiro atoms. The van der Waals surface area contributed by atoms with Crippen LogP contribution in [0, 0.1) is 5.92 Å². The number of benzene rings is 1. The fraction of sp³-hybridized carbons (Fsp3) is 0.636. The molecule has 3 rings (SSSR count). The molecule has 0 amide bonds. The molecule has 1 aromatic rings. The van der Waals surface area contributed by atoms with Crippen LogP contribution in [0.25, 0.3) is 0 Å². The van der Waals surface area contributed by atoms with Crippen LogP contribution >= 0.6 is 0 Å². The molecule has 2 aliphatic rings. The van der Waals surface area contributed by atoms with Crippen molar-refractivity contribution in [3.05, 3.63) is 29.8 Å². The average Bonchev–Trinajstić information content (AvgIpc) is 3.12. The zero-order valence-corrected chi connectivity index (χ0v) is 16.6. The summed E-state index contributed by atoms with van der Waals surface area (Å²) >= 11 is 0. The fourth-order valence-electron chi connectivity index (χ4n) is 4.37. The van der Waals surface area contributed by atoms with Crippen molar-refractivity contribution in [2.75, 3.05) is 0 Å². The number of hydrogen-bond acceptors (Lipinski definition) is 5. The molecule has 2 saturated carbocycles. The van der Waals surface area contributed by atoms with Gasteiger partial charge in [0.15, 0.2) is 6.10 Å². The summed E-state index contributed by atoms with van der Waals surface area (Å²) in [5.74, 6) is -7.84. The third kappa shape index (κ3) is 5.06. The number of carbonyl (C=O) groups excluding carboxylic acids is 2. The minimum atomic E-state index is -4.24. The van der Waals surface area contributed by atoms with Gasteiger partial charge in [-0.15, -0.1) is 0 Å². The van der Waals surface area contributed by atoms with Crippen molar-refractivity contribution in [2.45, 2.75) is 82.3 Å². The van der Waals surface area contributed by atoms with Crippen LogP contribution in [0.15, 0.2) is 24.3 Å². The minimum absolute atomic E-state index is 0.0730. The van der Waals surface area contributed by atoms with E-state index in [9.17, 15) is 23.5 Å². The standard InChI is InChI=1S/C22H28F2O5/c1-21(13-5-6-14-21)29-17-11-9-16(10-12-17)19(25)28-18(22(23,24)20(26)27)15-7-3-2-4-8-15/h9-12,15,18H,2-8,13-14H2,1H3,(H,26,27)/p-1. The molecule has 7 heteroatoms. The number of rotatable bonds is 7. The molecule has 0 aromatic heterocycles. The molecule has 0 heterocycles. The molecule has 2 aliphatic carbocycles. The molecule has 2 fully saturated rings. The summed E-state index contributed by atoms with van der Waals surface area (Å²) < 4.78 is 39.5. The Morgan fingerprint density at radius 1 is 1.07 bits per heavy atom. The van der Waals surface area contributed by atoms with Gasteiger partial charge < -0.3 is 19.4 Å². The van der Waals surface area contributed by atoms with Gasteiger partial charge in [-0.25, -0.2) is 4.79 Å². The molecule has 0 bridgehead atoms. The van der Waals surface area contributed by atoms with Crippen LogP contribution in [0.2, 0.25) is 0 Å². The maximum Gasteiger partial charge on any atom is 0.338 e. The predicted octanol–water partition coefficient (Wildman–Crippen LogP) is 3.89. The topological polar surface area (TPSA) is 75.7 Å². The van der Waals surface area contributed by atoms with Crippen LogP contribution in [0.5, 0.6) is 5.75 Å². The molecule has 1 unspecified atom stereocenters. The first kappa shape index (κ1) is 21.5. The lowest BCUT2D eigenvalue weighted by Gasteiger charge is -2.35. The first-order valence-electron chi connectivity index (χ1n) is 10.3. The fourth-order valence-corrected chi connectivity index (χ4v) is 4.37. The summed E-state index contributed by atoms with van der Waals surface area (Å²) in [5.41, 5.74) is -0.158. The lowest BCUT2D eigenvalue weighted by molar-refractivity contribution is -0.337. The number of carbonyl (C=O) groups is 2. The van der Waals surface area contributed by atoms with E-state index in [-0.39, 0.29) is 11.2 Å². The van der Waals surface area contributed by atoms with Crippen molar-refractivity contribution in [3.63, 3.8) is 0 Å². The highest BCUT2D eigenvalue weighted by molar-refractivity contribution is 5.90. The Bertz CT molecular complexity index is 719. The van der Waals surface area contributed by atoms with Gasteiger partial charge in [0.05, 0.1) is 5.56 Å². The Labute approximate surface area is 169 Å². The van der Waals surface area contributed by atoms with Gasteiger partial charge in [0.1, 0.15) is 17.3 Å². The van der Waals surface area contributed by atoms with Gasteiger partial charge in [0.2, 0.25) is 0 Å². The lowest BCUT2D eigenvalue weighted by Crippen LogP contribution is -2.54. The Morgan fingerprint density at radius 2 is 1.66 bits per heavy atom. The normalized spacial score (nSPS) is 20.8. The molecular weight excluding hydrogens is 382 g/mol. The van der Waals surface area contributed by atoms with Crippen LogP contribution in [0.3, 0.4) is 0 Å². The highest BCUT2D eigenvalue weighted by atomic mass is 19.3. The quantitative estimate of drug-likeness (QED) is 0.639. The molecule has 0 aliphatic heterocycles. The number of ether oxygens (including phenoxy) is 2. The molecule has 1 atom stereocenters. The number of hydrogen-bond donors (Lipinski definition) is 0. The zero-order chi connectivity index (χ0) is 21.1. The predicted molar refractivity (Wildman–Crippen MR) is 99.7 cm³/mol. The molecular formula is C22H27F2O5-. The molecule has 0 N–H and O–H groups in total. The average molecular weight is 409 g/mol. The van der Waals surface area contributed by atoms with Crippen molar-refractivity contribution in [1.82, 2.24) is 0 Å². The largest absolute Gasteiger partial charge is 0.544 e. The second-order valence-electron chi connectivity index (χ2n) is 8.42. The summed E-state index contributed by atoms with van der Waals surface area (Å²) in [6.07, 6.45) is 5.18. The Hall–Kier alpha value is -2.18. The van der Waals surface area contributed by atoms with Crippen LogP contribution in [-0.4, -0.2) is 29.6 Å².